The van der Waals surface area contributed by atoms with Crippen LogP contribution in [0, 0.1) is 29.1 Å². The third kappa shape index (κ3) is 4.53. The molecular formula is C24H20F6. The molecule has 0 nitrogen and oxygen atoms in total. The van der Waals surface area contributed by atoms with Crippen molar-refractivity contribution in [1.82, 2.24) is 0 Å². The molecule has 6 heteroatoms. The summed E-state index contributed by atoms with van der Waals surface area (Å²) < 4.78 is 84.2. The molecule has 3 aromatic rings. The van der Waals surface area contributed by atoms with Gasteiger partial charge in [0.15, 0.2) is 0 Å². The summed E-state index contributed by atoms with van der Waals surface area (Å²) in [4.78, 5) is 0. The Morgan fingerprint density at radius 2 is 1.27 bits per heavy atom. The van der Waals surface area contributed by atoms with Gasteiger partial charge in [-0.1, -0.05) is 31.9 Å². The summed E-state index contributed by atoms with van der Waals surface area (Å²) in [6.45, 7) is 0.685. The Morgan fingerprint density at radius 3 is 1.80 bits per heavy atom. The van der Waals surface area contributed by atoms with Gasteiger partial charge in [0.25, 0.3) is 0 Å². The maximum Gasteiger partial charge on any atom is 0.134 e. The van der Waals surface area contributed by atoms with Gasteiger partial charge in [0.05, 0.1) is 11.1 Å². The van der Waals surface area contributed by atoms with E-state index in [0.29, 0.717) is 18.6 Å². The van der Waals surface area contributed by atoms with Gasteiger partial charge in [0, 0.05) is 5.56 Å². The van der Waals surface area contributed by atoms with Gasteiger partial charge in [-0.15, -0.1) is 0 Å². The van der Waals surface area contributed by atoms with Crippen LogP contribution < -0.4 is 0 Å². The molecule has 158 valence electrons. The Labute approximate surface area is 171 Å². The van der Waals surface area contributed by atoms with Crippen LogP contribution in [-0.2, 0) is 13.1 Å². The van der Waals surface area contributed by atoms with E-state index in [-0.39, 0.29) is 11.1 Å². The molecule has 0 N–H and O–H groups in total. The molecule has 0 radical (unpaired) electrons. The van der Waals surface area contributed by atoms with Gasteiger partial charge >= 0.3 is 0 Å². The topological polar surface area (TPSA) is 0 Å². The quantitative estimate of drug-likeness (QED) is 0.268. The molecule has 0 spiro atoms. The first-order chi connectivity index (χ1) is 14.3. The molecule has 0 aliphatic carbocycles. The molecule has 0 fully saturated rings. The molecule has 0 heterocycles. The minimum absolute atomic E-state index is 0.0173. The second-order valence-corrected chi connectivity index (χ2v) is 7.14. The van der Waals surface area contributed by atoms with Crippen molar-refractivity contribution in [1.29, 1.82) is 0 Å². The number of halogens is 6. The molecule has 0 unspecified atom stereocenters. The van der Waals surface area contributed by atoms with E-state index in [1.54, 1.807) is 6.07 Å². The third-order valence-corrected chi connectivity index (χ3v) is 5.02. The number of aryl methyl sites for hydroxylation is 1. The van der Waals surface area contributed by atoms with Gasteiger partial charge in [-0.25, -0.2) is 26.3 Å². The summed E-state index contributed by atoms with van der Waals surface area (Å²) in [5.41, 5.74) is -1.11. The van der Waals surface area contributed by atoms with Crippen LogP contribution in [0.5, 0.6) is 0 Å². The van der Waals surface area contributed by atoms with Crippen molar-refractivity contribution in [2.45, 2.75) is 39.3 Å². The normalized spacial score (nSPS) is 11.2. The van der Waals surface area contributed by atoms with E-state index < -0.39 is 52.5 Å². The van der Waals surface area contributed by atoms with Gasteiger partial charge < -0.3 is 0 Å². The maximum atomic E-state index is 14.7. The summed E-state index contributed by atoms with van der Waals surface area (Å²) >= 11 is 0. The molecule has 0 aliphatic rings. The van der Waals surface area contributed by atoms with Gasteiger partial charge in [-0.3, -0.25) is 0 Å². The van der Waals surface area contributed by atoms with Crippen LogP contribution in [-0.4, -0.2) is 0 Å². The second-order valence-electron chi connectivity index (χ2n) is 7.14. The van der Waals surface area contributed by atoms with Crippen LogP contribution in [0.4, 0.5) is 26.3 Å². The van der Waals surface area contributed by atoms with Crippen LogP contribution in [0.1, 0.15) is 37.3 Å². The molecule has 0 aliphatic heterocycles. The average molecular weight is 422 g/mol. The lowest BCUT2D eigenvalue weighted by atomic mass is 9.96. The zero-order valence-corrected chi connectivity index (χ0v) is 16.3. The fourth-order valence-corrected chi connectivity index (χ4v) is 3.41. The van der Waals surface area contributed by atoms with E-state index in [1.807, 2.05) is 0 Å². The van der Waals surface area contributed by atoms with Crippen LogP contribution in [0.2, 0.25) is 0 Å². The molecule has 0 aromatic heterocycles. The fraction of sp³-hybridized carbons (Fsp3) is 0.250. The summed E-state index contributed by atoms with van der Waals surface area (Å²) in [6.07, 6.45) is 3.69. The summed E-state index contributed by atoms with van der Waals surface area (Å²) in [7, 11) is 0. The Bertz CT molecular complexity index is 1010. The van der Waals surface area contributed by atoms with Crippen LogP contribution in [0.15, 0.2) is 42.5 Å². The highest BCUT2D eigenvalue weighted by molar-refractivity contribution is 5.72. The highest BCUT2D eigenvalue weighted by atomic mass is 19.2. The maximum absolute atomic E-state index is 14.7. The summed E-state index contributed by atoms with van der Waals surface area (Å²) in [5, 5.41) is 0. The molecule has 0 bridgehead atoms. The van der Waals surface area contributed by atoms with Crippen molar-refractivity contribution in [3.8, 4) is 22.3 Å². The minimum atomic E-state index is -1.38. The molecule has 0 amide bonds. The first-order valence-electron chi connectivity index (χ1n) is 9.67. The van der Waals surface area contributed by atoms with Crippen molar-refractivity contribution < 1.29 is 26.3 Å². The van der Waals surface area contributed by atoms with E-state index in [1.165, 1.54) is 12.1 Å². The van der Waals surface area contributed by atoms with E-state index in [9.17, 15) is 26.3 Å². The molecule has 3 aromatic carbocycles. The second kappa shape index (κ2) is 9.37. The van der Waals surface area contributed by atoms with Crippen molar-refractivity contribution in [3.63, 3.8) is 0 Å². The van der Waals surface area contributed by atoms with Gasteiger partial charge in [0.2, 0.25) is 0 Å². The van der Waals surface area contributed by atoms with E-state index in [4.69, 9.17) is 0 Å². The van der Waals surface area contributed by atoms with Crippen molar-refractivity contribution in [3.05, 3.63) is 82.7 Å². The van der Waals surface area contributed by atoms with Crippen molar-refractivity contribution >= 4 is 0 Å². The monoisotopic (exact) mass is 422 g/mol. The number of hydrogen-bond acceptors (Lipinski definition) is 0. The van der Waals surface area contributed by atoms with Crippen LogP contribution in [0.3, 0.4) is 0 Å². The number of alkyl halides is 1. The predicted molar refractivity (Wildman–Crippen MR) is 105 cm³/mol. The molecule has 0 saturated heterocycles. The largest absolute Gasteiger partial charge is 0.246 e. The molecule has 3 rings (SSSR count). The summed E-state index contributed by atoms with van der Waals surface area (Å²) in [6, 6.07) is 7.67. The predicted octanol–water partition coefficient (Wildman–Crippen LogP) is 7.92. The SMILES string of the molecule is CCCCCc1ccc(-c2cc(F)c(-c3cc(F)c(CF)c(F)c3)c(F)c2)c(F)c1. The zero-order valence-electron chi connectivity index (χ0n) is 16.3. The number of benzene rings is 3. The Balaban J connectivity index is 1.98. The average Bonchev–Trinajstić information content (AvgIpc) is 2.67. The van der Waals surface area contributed by atoms with E-state index in [0.717, 1.165) is 37.0 Å². The lowest BCUT2D eigenvalue weighted by Crippen LogP contribution is -1.98. The van der Waals surface area contributed by atoms with Crippen LogP contribution >= 0.6 is 0 Å². The fourth-order valence-electron chi connectivity index (χ4n) is 3.41. The highest BCUT2D eigenvalue weighted by Gasteiger charge is 2.19. The molecular weight excluding hydrogens is 402 g/mol. The van der Waals surface area contributed by atoms with Crippen LogP contribution in [0.25, 0.3) is 22.3 Å². The number of hydrogen-bond donors (Lipinski definition) is 0. The van der Waals surface area contributed by atoms with Gasteiger partial charge in [-0.2, -0.15) is 0 Å². The van der Waals surface area contributed by atoms with E-state index >= 15 is 0 Å². The standard InChI is InChI=1S/C24H20F6/c1-2-3-4-5-14-6-7-17(19(26)8-14)15-9-22(29)24(23(30)10-15)16-11-20(27)18(13-25)21(28)12-16/h6-12H,2-5,13H2,1H3. The van der Waals surface area contributed by atoms with E-state index in [2.05, 4.69) is 6.92 Å². The highest BCUT2D eigenvalue weighted by Crippen LogP contribution is 2.34. The smallest absolute Gasteiger partial charge is 0.134 e. The van der Waals surface area contributed by atoms with Gasteiger partial charge in [0.1, 0.15) is 35.8 Å². The minimum Gasteiger partial charge on any atom is -0.246 e. The van der Waals surface area contributed by atoms with Crippen molar-refractivity contribution in [2.24, 2.45) is 0 Å². The van der Waals surface area contributed by atoms with Gasteiger partial charge in [-0.05, 0) is 59.9 Å². The first kappa shape index (κ1) is 21.9. The Kier molecular flexibility index (Phi) is 6.85. The Hall–Kier alpha value is -2.76. The molecule has 0 atom stereocenters. The summed E-state index contributed by atoms with van der Waals surface area (Å²) in [5.74, 6) is -5.30. The lowest BCUT2D eigenvalue weighted by Gasteiger charge is -2.12. The van der Waals surface area contributed by atoms with Crippen molar-refractivity contribution in [2.75, 3.05) is 0 Å². The Morgan fingerprint density at radius 1 is 0.667 bits per heavy atom. The number of rotatable bonds is 7. The zero-order chi connectivity index (χ0) is 21.8. The molecule has 0 saturated carbocycles. The lowest BCUT2D eigenvalue weighted by molar-refractivity contribution is 0.440. The third-order valence-electron chi connectivity index (χ3n) is 5.02. The molecule has 30 heavy (non-hydrogen) atoms. The number of unbranched alkanes of at least 4 members (excludes halogenated alkanes) is 2. The first-order valence-corrected chi connectivity index (χ1v) is 9.67.